The number of benzene rings is 2. The van der Waals surface area contributed by atoms with E-state index in [9.17, 15) is 13.2 Å². The molecule has 36 heavy (non-hydrogen) atoms. The van der Waals surface area contributed by atoms with Crippen LogP contribution in [0.4, 0.5) is 5.13 Å². The topological polar surface area (TPSA) is 94.4 Å². The van der Waals surface area contributed by atoms with Gasteiger partial charge in [0, 0.05) is 18.7 Å². The molecule has 0 radical (unpaired) electrons. The number of aromatic nitrogens is 3. The molecule has 2 aromatic carbocycles. The third kappa shape index (κ3) is 5.76. The van der Waals surface area contributed by atoms with Gasteiger partial charge in [-0.25, -0.2) is 13.4 Å². The summed E-state index contributed by atoms with van der Waals surface area (Å²) >= 11 is 1.38. The Kier molecular flexibility index (Phi) is 7.75. The lowest BCUT2D eigenvalue weighted by Gasteiger charge is -2.20. The molecule has 0 atom stereocenters. The first-order valence-corrected chi connectivity index (χ1v) is 14.3. The van der Waals surface area contributed by atoms with Crippen LogP contribution in [0.3, 0.4) is 0 Å². The van der Waals surface area contributed by atoms with E-state index in [1.54, 1.807) is 29.2 Å². The summed E-state index contributed by atoms with van der Waals surface area (Å²) in [5.41, 5.74) is 3.55. The van der Waals surface area contributed by atoms with Gasteiger partial charge in [0.1, 0.15) is 11.3 Å². The maximum atomic E-state index is 13.4. The third-order valence-electron chi connectivity index (χ3n) is 5.81. The van der Waals surface area contributed by atoms with E-state index in [0.717, 1.165) is 21.7 Å². The summed E-state index contributed by atoms with van der Waals surface area (Å²) in [5.74, 6) is 0.0787. The van der Waals surface area contributed by atoms with Crippen molar-refractivity contribution >= 4 is 42.4 Å². The van der Waals surface area contributed by atoms with Gasteiger partial charge in [-0.05, 0) is 58.0 Å². The molecule has 0 aliphatic rings. The standard InChI is InChI=1S/C26H30N4O4S2/c1-5-34-22-7-6-8-23-25(22)27-26(35-23)29(14-15-30-20(4)17-19(3)28-30)24(31)13-16-36(32,33)21-11-9-18(2)10-12-21/h6-12,17H,5,13-16H2,1-4H3. The molecule has 0 fully saturated rings. The van der Waals surface area contributed by atoms with Crippen molar-refractivity contribution in [2.45, 2.75) is 45.6 Å². The third-order valence-corrected chi connectivity index (χ3v) is 8.58. The second-order valence-corrected chi connectivity index (χ2v) is 11.7. The highest BCUT2D eigenvalue weighted by molar-refractivity contribution is 7.91. The lowest BCUT2D eigenvalue weighted by atomic mass is 10.2. The smallest absolute Gasteiger partial charge is 0.229 e. The van der Waals surface area contributed by atoms with Gasteiger partial charge in [-0.3, -0.25) is 14.4 Å². The largest absolute Gasteiger partial charge is 0.492 e. The Morgan fingerprint density at radius 1 is 1.11 bits per heavy atom. The molecule has 190 valence electrons. The van der Waals surface area contributed by atoms with E-state index in [1.165, 1.54) is 11.3 Å². The second-order valence-electron chi connectivity index (χ2n) is 8.61. The summed E-state index contributed by atoms with van der Waals surface area (Å²) < 4.78 is 34.2. The average Bonchev–Trinajstić information content (AvgIpc) is 3.41. The predicted molar refractivity (Wildman–Crippen MR) is 143 cm³/mol. The Morgan fingerprint density at radius 3 is 2.53 bits per heavy atom. The Labute approximate surface area is 215 Å². The molecular formula is C26H30N4O4S2. The number of ether oxygens (including phenoxy) is 1. The number of hydrogen-bond acceptors (Lipinski definition) is 7. The molecule has 0 aliphatic carbocycles. The van der Waals surface area contributed by atoms with Crippen molar-refractivity contribution in [2.75, 3.05) is 23.8 Å². The van der Waals surface area contributed by atoms with Gasteiger partial charge in [-0.2, -0.15) is 5.10 Å². The maximum Gasteiger partial charge on any atom is 0.229 e. The van der Waals surface area contributed by atoms with Crippen LogP contribution < -0.4 is 9.64 Å². The van der Waals surface area contributed by atoms with Crippen molar-refractivity contribution in [3.05, 3.63) is 65.5 Å². The van der Waals surface area contributed by atoms with E-state index in [1.807, 2.05) is 56.6 Å². The van der Waals surface area contributed by atoms with Crippen LogP contribution in [-0.2, 0) is 21.2 Å². The zero-order valence-corrected chi connectivity index (χ0v) is 22.5. The summed E-state index contributed by atoms with van der Waals surface area (Å²) in [4.78, 5) is 20.0. The van der Waals surface area contributed by atoms with E-state index in [-0.39, 0.29) is 23.0 Å². The van der Waals surface area contributed by atoms with Crippen molar-refractivity contribution in [3.63, 3.8) is 0 Å². The van der Waals surface area contributed by atoms with E-state index in [4.69, 9.17) is 9.72 Å². The molecule has 4 rings (SSSR count). The van der Waals surface area contributed by atoms with Crippen molar-refractivity contribution in [3.8, 4) is 5.75 Å². The number of carbonyl (C=O) groups is 1. The average molecular weight is 527 g/mol. The van der Waals surface area contributed by atoms with E-state index < -0.39 is 9.84 Å². The summed E-state index contributed by atoms with van der Waals surface area (Å²) in [6.07, 6.45) is -0.151. The zero-order chi connectivity index (χ0) is 25.9. The monoisotopic (exact) mass is 526 g/mol. The molecule has 1 amide bonds. The molecule has 0 saturated carbocycles. The summed E-state index contributed by atoms with van der Waals surface area (Å²) in [7, 11) is -3.60. The van der Waals surface area contributed by atoms with Crippen LogP contribution in [0.25, 0.3) is 10.2 Å². The van der Waals surface area contributed by atoms with E-state index in [2.05, 4.69) is 5.10 Å². The SMILES string of the molecule is CCOc1cccc2sc(N(CCn3nc(C)cc3C)C(=O)CCS(=O)(=O)c3ccc(C)cc3)nc12. The minimum absolute atomic E-state index is 0.151. The van der Waals surface area contributed by atoms with Gasteiger partial charge in [0.25, 0.3) is 0 Å². The van der Waals surface area contributed by atoms with Gasteiger partial charge in [-0.15, -0.1) is 0 Å². The molecule has 8 nitrogen and oxygen atoms in total. The van der Waals surface area contributed by atoms with Crippen molar-refractivity contribution < 1.29 is 17.9 Å². The fourth-order valence-electron chi connectivity index (χ4n) is 3.94. The highest BCUT2D eigenvalue weighted by Crippen LogP contribution is 2.34. The number of carbonyl (C=O) groups excluding carboxylic acids is 1. The number of rotatable bonds is 10. The molecule has 0 saturated heterocycles. The summed E-state index contributed by atoms with van der Waals surface area (Å²) in [6.45, 7) is 8.97. The quantitative estimate of drug-likeness (QED) is 0.297. The van der Waals surface area contributed by atoms with Crippen LogP contribution >= 0.6 is 11.3 Å². The molecule has 0 N–H and O–H groups in total. The molecule has 2 aromatic heterocycles. The first kappa shape index (κ1) is 25.8. The minimum atomic E-state index is -3.60. The number of nitrogens with zero attached hydrogens (tertiary/aromatic N) is 4. The lowest BCUT2D eigenvalue weighted by Crippen LogP contribution is -2.35. The van der Waals surface area contributed by atoms with Gasteiger partial charge < -0.3 is 4.74 Å². The van der Waals surface area contributed by atoms with Gasteiger partial charge in [0.2, 0.25) is 5.91 Å². The number of sulfone groups is 1. The summed E-state index contributed by atoms with van der Waals surface area (Å²) in [5, 5.41) is 5.00. The molecule has 10 heteroatoms. The Hall–Kier alpha value is -3.24. The van der Waals surface area contributed by atoms with Gasteiger partial charge in [0.15, 0.2) is 15.0 Å². The lowest BCUT2D eigenvalue weighted by molar-refractivity contribution is -0.118. The number of thiazole rings is 1. The second kappa shape index (κ2) is 10.8. The number of amides is 1. The first-order chi connectivity index (χ1) is 17.2. The van der Waals surface area contributed by atoms with E-state index >= 15 is 0 Å². The summed E-state index contributed by atoms with van der Waals surface area (Å²) in [6, 6.07) is 14.3. The fourth-order valence-corrected chi connectivity index (χ4v) is 6.20. The molecule has 0 bridgehead atoms. The molecule has 2 heterocycles. The minimum Gasteiger partial charge on any atom is -0.492 e. The van der Waals surface area contributed by atoms with Crippen LogP contribution in [0.1, 0.15) is 30.3 Å². The van der Waals surface area contributed by atoms with Gasteiger partial charge in [-0.1, -0.05) is 35.1 Å². The molecule has 0 spiro atoms. The first-order valence-electron chi connectivity index (χ1n) is 11.8. The number of para-hydroxylation sites is 1. The Balaban J connectivity index is 1.60. The fraction of sp³-hybridized carbons (Fsp3) is 0.346. The van der Waals surface area contributed by atoms with Crippen LogP contribution in [-0.4, -0.2) is 48.0 Å². The van der Waals surface area contributed by atoms with Crippen molar-refractivity contribution in [1.82, 2.24) is 14.8 Å². The van der Waals surface area contributed by atoms with Gasteiger partial charge in [0.05, 0.1) is 34.2 Å². The zero-order valence-electron chi connectivity index (χ0n) is 20.9. The highest BCUT2D eigenvalue weighted by atomic mass is 32.2. The van der Waals surface area contributed by atoms with Crippen LogP contribution in [0, 0.1) is 20.8 Å². The number of hydrogen-bond donors (Lipinski definition) is 0. The maximum absolute atomic E-state index is 13.4. The highest BCUT2D eigenvalue weighted by Gasteiger charge is 2.24. The van der Waals surface area contributed by atoms with Gasteiger partial charge >= 0.3 is 0 Å². The van der Waals surface area contributed by atoms with Crippen LogP contribution in [0.2, 0.25) is 0 Å². The predicted octanol–water partition coefficient (Wildman–Crippen LogP) is 4.71. The molecule has 4 aromatic rings. The number of aryl methyl sites for hydroxylation is 3. The molecule has 0 aliphatic heterocycles. The van der Waals surface area contributed by atoms with E-state index in [0.29, 0.717) is 36.1 Å². The molecule has 0 unspecified atom stereocenters. The Morgan fingerprint density at radius 2 is 1.86 bits per heavy atom. The number of fused-ring (bicyclic) bond motifs is 1. The Bertz CT molecular complexity index is 1470. The normalized spacial score (nSPS) is 11.7. The molecular weight excluding hydrogens is 496 g/mol. The van der Waals surface area contributed by atoms with Crippen LogP contribution in [0.5, 0.6) is 5.75 Å². The number of anilines is 1. The van der Waals surface area contributed by atoms with Crippen LogP contribution in [0.15, 0.2) is 53.4 Å². The van der Waals surface area contributed by atoms with Crippen molar-refractivity contribution in [1.29, 1.82) is 0 Å². The van der Waals surface area contributed by atoms with Crippen molar-refractivity contribution in [2.24, 2.45) is 0 Å².